The molecule has 2 N–H and O–H groups in total. The molecular weight excluding hydrogens is 364 g/mol. The van der Waals surface area contributed by atoms with Gasteiger partial charge in [-0.2, -0.15) is 0 Å². The number of aromatic nitrogens is 5. The van der Waals surface area contributed by atoms with E-state index in [1.54, 1.807) is 0 Å². The number of hydrogen-bond acceptors (Lipinski definition) is 4. The molecule has 1 fully saturated rings. The van der Waals surface area contributed by atoms with Gasteiger partial charge in [0.2, 0.25) is 5.82 Å². The van der Waals surface area contributed by atoms with Crippen molar-refractivity contribution in [1.29, 1.82) is 0 Å². The highest BCUT2D eigenvalue weighted by atomic mass is 16.1. The molecule has 0 spiro atoms. The molecule has 1 aliphatic rings. The maximum Gasteiger partial charge on any atom is 0.258 e. The maximum atomic E-state index is 13.3. The van der Waals surface area contributed by atoms with Crippen molar-refractivity contribution in [2.45, 2.75) is 65.5 Å². The lowest BCUT2D eigenvalue weighted by Crippen LogP contribution is -3.13. The summed E-state index contributed by atoms with van der Waals surface area (Å²) >= 11 is 0. The van der Waals surface area contributed by atoms with Crippen LogP contribution in [0, 0.1) is 13.8 Å². The number of aryl methyl sites for hydroxylation is 2. The van der Waals surface area contributed by atoms with Gasteiger partial charge in [-0.05, 0) is 87.4 Å². The van der Waals surface area contributed by atoms with Gasteiger partial charge in [0, 0.05) is 0 Å². The Labute approximate surface area is 171 Å². The predicted molar refractivity (Wildman–Crippen MR) is 113 cm³/mol. The van der Waals surface area contributed by atoms with E-state index in [9.17, 15) is 4.79 Å². The minimum atomic E-state index is -0.261. The van der Waals surface area contributed by atoms with Crippen molar-refractivity contribution in [2.75, 3.05) is 13.1 Å². The Morgan fingerprint density at radius 2 is 1.83 bits per heavy atom. The number of nitrogens with zero attached hydrogens (tertiary/aromatic N) is 4. The Balaban J connectivity index is 1.94. The highest BCUT2D eigenvalue weighted by Gasteiger charge is 2.37. The molecule has 7 heteroatoms. The second-order valence-electron chi connectivity index (χ2n) is 9.37. The molecule has 0 saturated carbocycles. The topological polar surface area (TPSA) is 80.9 Å². The lowest BCUT2D eigenvalue weighted by atomic mass is 9.98. The summed E-state index contributed by atoms with van der Waals surface area (Å²) in [4.78, 5) is 17.8. The lowest BCUT2D eigenvalue weighted by molar-refractivity contribution is -0.931. The summed E-state index contributed by atoms with van der Waals surface area (Å²) in [6, 6.07) is 6.11. The fourth-order valence-corrected chi connectivity index (χ4v) is 4.61. The van der Waals surface area contributed by atoms with E-state index in [2.05, 4.69) is 66.4 Å². The van der Waals surface area contributed by atoms with Gasteiger partial charge in [0.15, 0.2) is 6.04 Å². The van der Waals surface area contributed by atoms with Gasteiger partial charge in [-0.1, -0.05) is 11.6 Å². The fourth-order valence-electron chi connectivity index (χ4n) is 4.61. The number of nitrogens with one attached hydrogen (secondary N) is 2. The van der Waals surface area contributed by atoms with E-state index >= 15 is 0 Å². The van der Waals surface area contributed by atoms with Gasteiger partial charge >= 0.3 is 0 Å². The van der Waals surface area contributed by atoms with E-state index < -0.39 is 0 Å². The van der Waals surface area contributed by atoms with E-state index in [1.165, 1.54) is 16.9 Å². The monoisotopic (exact) mass is 395 g/mol. The van der Waals surface area contributed by atoms with Crippen molar-refractivity contribution in [2.24, 2.45) is 0 Å². The van der Waals surface area contributed by atoms with Crippen LogP contribution < -0.4 is 10.5 Å². The van der Waals surface area contributed by atoms with Crippen LogP contribution in [0.4, 0.5) is 0 Å². The highest BCUT2D eigenvalue weighted by Crippen LogP contribution is 2.24. The molecule has 0 radical (unpaired) electrons. The van der Waals surface area contributed by atoms with Crippen LogP contribution in [0.15, 0.2) is 23.0 Å². The largest absolute Gasteiger partial charge is 0.322 e. The first kappa shape index (κ1) is 19.8. The number of H-pyrrole nitrogens is 1. The Morgan fingerprint density at radius 3 is 2.52 bits per heavy atom. The van der Waals surface area contributed by atoms with Gasteiger partial charge in [0.05, 0.1) is 29.7 Å². The molecule has 1 atom stereocenters. The summed E-state index contributed by atoms with van der Waals surface area (Å²) in [6.07, 6.45) is 3.56. The first-order valence-corrected chi connectivity index (χ1v) is 10.5. The van der Waals surface area contributed by atoms with E-state index in [0.717, 1.165) is 53.8 Å². The third-order valence-electron chi connectivity index (χ3n) is 5.92. The summed E-state index contributed by atoms with van der Waals surface area (Å²) in [7, 11) is 0. The van der Waals surface area contributed by atoms with E-state index in [4.69, 9.17) is 0 Å². The second-order valence-corrected chi connectivity index (χ2v) is 9.37. The van der Waals surface area contributed by atoms with Crippen LogP contribution in [0.5, 0.6) is 0 Å². The van der Waals surface area contributed by atoms with Gasteiger partial charge in [0.1, 0.15) is 0 Å². The number of benzene rings is 1. The molecule has 3 aromatic rings. The normalized spacial score (nSPS) is 17.0. The number of fused-ring (bicyclic) bond motifs is 1. The molecule has 3 heterocycles. The highest BCUT2D eigenvalue weighted by molar-refractivity contribution is 5.83. The van der Waals surface area contributed by atoms with Gasteiger partial charge in [-0.3, -0.25) is 4.79 Å². The van der Waals surface area contributed by atoms with Gasteiger partial charge in [0.25, 0.3) is 5.56 Å². The van der Waals surface area contributed by atoms with Crippen molar-refractivity contribution in [3.8, 4) is 0 Å². The van der Waals surface area contributed by atoms with Crippen molar-refractivity contribution < 1.29 is 4.90 Å². The third-order valence-corrected chi connectivity index (χ3v) is 5.92. The predicted octanol–water partition coefficient (Wildman–Crippen LogP) is 2.04. The summed E-state index contributed by atoms with van der Waals surface area (Å²) in [6.45, 7) is 12.4. The molecule has 0 amide bonds. The molecule has 7 nitrogen and oxygen atoms in total. The molecule has 2 aromatic heterocycles. The first-order chi connectivity index (χ1) is 13.8. The zero-order chi connectivity index (χ0) is 20.8. The Kier molecular flexibility index (Phi) is 5.02. The van der Waals surface area contributed by atoms with E-state index in [0.29, 0.717) is 0 Å². The van der Waals surface area contributed by atoms with E-state index in [1.807, 2.05) is 11.6 Å². The zero-order valence-electron chi connectivity index (χ0n) is 18.0. The number of aromatic amines is 1. The second kappa shape index (κ2) is 7.37. The fraction of sp³-hybridized carbons (Fsp3) is 0.545. The quantitative estimate of drug-likeness (QED) is 0.711. The Hall–Kier alpha value is -2.54. The number of likely N-dealkylation sites (tertiary alicyclic amines) is 1. The SMILES string of the molecule is Cc1cc(C)c2[nH]c(=O)c([C@H](c3nnnn3C(C)(C)C)[NH+]3CCCCC3)cc2c1. The zero-order valence-corrected chi connectivity index (χ0v) is 18.0. The number of quaternary nitrogens is 1. The number of tetrazole rings is 1. The Morgan fingerprint density at radius 1 is 1.10 bits per heavy atom. The molecule has 0 unspecified atom stereocenters. The van der Waals surface area contributed by atoms with Crippen molar-refractivity contribution in [3.63, 3.8) is 0 Å². The van der Waals surface area contributed by atoms with Crippen molar-refractivity contribution in [3.05, 3.63) is 51.1 Å². The number of pyridine rings is 1. The van der Waals surface area contributed by atoms with Crippen molar-refractivity contribution in [1.82, 2.24) is 25.2 Å². The summed E-state index contributed by atoms with van der Waals surface area (Å²) < 4.78 is 1.88. The summed E-state index contributed by atoms with van der Waals surface area (Å²) in [5.74, 6) is 0.767. The van der Waals surface area contributed by atoms with Crippen LogP contribution in [-0.4, -0.2) is 38.3 Å². The molecule has 0 aliphatic carbocycles. The van der Waals surface area contributed by atoms with Crippen LogP contribution in [0.3, 0.4) is 0 Å². The molecule has 1 aromatic carbocycles. The number of rotatable bonds is 3. The molecule has 1 saturated heterocycles. The number of piperidine rings is 1. The van der Waals surface area contributed by atoms with Crippen LogP contribution >= 0.6 is 0 Å². The van der Waals surface area contributed by atoms with Crippen LogP contribution in [0.2, 0.25) is 0 Å². The van der Waals surface area contributed by atoms with Crippen LogP contribution in [0.1, 0.15) is 68.6 Å². The van der Waals surface area contributed by atoms with Gasteiger partial charge < -0.3 is 9.88 Å². The minimum absolute atomic E-state index is 0.0454. The van der Waals surface area contributed by atoms with Gasteiger partial charge in [-0.15, -0.1) is 5.10 Å². The maximum absolute atomic E-state index is 13.3. The molecule has 0 bridgehead atoms. The van der Waals surface area contributed by atoms with Crippen molar-refractivity contribution >= 4 is 10.9 Å². The molecule has 29 heavy (non-hydrogen) atoms. The molecule has 4 rings (SSSR count). The third kappa shape index (κ3) is 3.71. The molecule has 154 valence electrons. The average molecular weight is 396 g/mol. The average Bonchev–Trinajstić information content (AvgIpc) is 3.14. The smallest absolute Gasteiger partial charge is 0.258 e. The first-order valence-electron chi connectivity index (χ1n) is 10.5. The number of hydrogen-bond donors (Lipinski definition) is 2. The van der Waals surface area contributed by atoms with Crippen LogP contribution in [0.25, 0.3) is 10.9 Å². The summed E-state index contributed by atoms with van der Waals surface area (Å²) in [5, 5.41) is 13.7. The molecular formula is C22H31N6O+. The minimum Gasteiger partial charge on any atom is -0.322 e. The van der Waals surface area contributed by atoms with Crippen LogP contribution in [-0.2, 0) is 5.54 Å². The summed E-state index contributed by atoms with van der Waals surface area (Å²) in [5.41, 5.74) is 3.63. The van der Waals surface area contributed by atoms with E-state index in [-0.39, 0.29) is 17.1 Å². The van der Waals surface area contributed by atoms with Gasteiger partial charge in [-0.25, -0.2) is 4.68 Å². The standard InChI is InChI=1S/C22H30N6O/c1-14-11-15(2)18-16(12-14)13-17(21(29)23-18)19(27-9-7-6-8-10-27)20-24-25-26-28(20)22(3,4)5/h11-13,19H,6-10H2,1-5H3,(H,23,29)/p+1/t19-/m1/s1. The molecule has 1 aliphatic heterocycles. The Bertz CT molecular complexity index is 1080. The lowest BCUT2D eigenvalue weighted by Gasteiger charge is -2.32.